The van der Waals surface area contributed by atoms with Crippen LogP contribution >= 0.6 is 15.9 Å². The number of aliphatic imine (C=N–C) groups is 1. The van der Waals surface area contributed by atoms with Crippen LogP contribution in [0.5, 0.6) is 0 Å². The van der Waals surface area contributed by atoms with E-state index in [1.807, 2.05) is 48.5 Å². The fourth-order valence-electron chi connectivity index (χ4n) is 1.69. The predicted molar refractivity (Wildman–Crippen MR) is 73.9 cm³/mol. The molecule has 1 atom stereocenters. The number of aliphatic hydroxyl groups is 1. The van der Waals surface area contributed by atoms with Gasteiger partial charge in [-0.25, -0.2) is 0 Å². The van der Waals surface area contributed by atoms with Crippen molar-refractivity contribution in [2.24, 2.45) is 4.99 Å². The average Bonchev–Trinajstić information content (AvgIpc) is 2.39. The van der Waals surface area contributed by atoms with E-state index in [9.17, 15) is 5.11 Å². The van der Waals surface area contributed by atoms with E-state index in [1.54, 1.807) is 0 Å². The molecule has 0 amide bonds. The molecule has 2 aromatic carbocycles. The lowest BCUT2D eigenvalue weighted by atomic mass is 10.0. The molecule has 0 aliphatic heterocycles. The summed E-state index contributed by atoms with van der Waals surface area (Å²) in [4.78, 5) is 3.92. The normalized spacial score (nSPS) is 12.1. The van der Waals surface area contributed by atoms with Crippen molar-refractivity contribution >= 4 is 28.3 Å². The van der Waals surface area contributed by atoms with Crippen molar-refractivity contribution < 1.29 is 5.11 Å². The van der Waals surface area contributed by atoms with Crippen molar-refractivity contribution in [1.29, 1.82) is 0 Å². The van der Waals surface area contributed by atoms with Crippen molar-refractivity contribution in [3.8, 4) is 0 Å². The van der Waals surface area contributed by atoms with Gasteiger partial charge in [0.25, 0.3) is 0 Å². The van der Waals surface area contributed by atoms with Gasteiger partial charge in [0.2, 0.25) is 0 Å². The van der Waals surface area contributed by atoms with E-state index in [0.29, 0.717) is 5.69 Å². The van der Waals surface area contributed by atoms with Crippen LogP contribution < -0.4 is 0 Å². The molecule has 0 heterocycles. The molecule has 0 saturated carbocycles. The zero-order valence-corrected chi connectivity index (χ0v) is 10.8. The third kappa shape index (κ3) is 2.62. The Balaban J connectivity index is 2.39. The molecule has 2 rings (SSSR count). The first-order valence-corrected chi connectivity index (χ1v) is 6.01. The molecule has 1 unspecified atom stereocenters. The SMILES string of the molecule is C=Nc1ccccc1C(O)c1ccc(Br)cc1. The highest BCUT2D eigenvalue weighted by atomic mass is 79.9. The molecule has 2 nitrogen and oxygen atoms in total. The standard InChI is InChI=1S/C14H12BrNO/c1-16-13-5-3-2-4-12(13)14(17)10-6-8-11(15)9-7-10/h2-9,14,17H,1H2. The van der Waals surface area contributed by atoms with Gasteiger partial charge >= 0.3 is 0 Å². The summed E-state index contributed by atoms with van der Waals surface area (Å²) in [5, 5.41) is 10.3. The van der Waals surface area contributed by atoms with Crippen LogP contribution in [0.4, 0.5) is 5.69 Å². The van der Waals surface area contributed by atoms with Crippen LogP contribution in [0.25, 0.3) is 0 Å². The van der Waals surface area contributed by atoms with Gasteiger partial charge in [-0.2, -0.15) is 0 Å². The fourth-order valence-corrected chi connectivity index (χ4v) is 1.95. The van der Waals surface area contributed by atoms with E-state index in [4.69, 9.17) is 0 Å². The van der Waals surface area contributed by atoms with E-state index < -0.39 is 6.10 Å². The summed E-state index contributed by atoms with van der Waals surface area (Å²) >= 11 is 3.37. The van der Waals surface area contributed by atoms with Gasteiger partial charge < -0.3 is 5.11 Å². The molecule has 0 aliphatic rings. The minimum absolute atomic E-state index is 0.676. The van der Waals surface area contributed by atoms with E-state index >= 15 is 0 Å². The highest BCUT2D eigenvalue weighted by Gasteiger charge is 2.13. The maximum Gasteiger partial charge on any atom is 0.106 e. The van der Waals surface area contributed by atoms with E-state index in [-0.39, 0.29) is 0 Å². The molecule has 0 spiro atoms. The number of hydrogen-bond donors (Lipinski definition) is 1. The number of aliphatic hydroxyl groups excluding tert-OH is 1. The van der Waals surface area contributed by atoms with Crippen LogP contribution in [0.2, 0.25) is 0 Å². The van der Waals surface area contributed by atoms with Crippen LogP contribution in [0, 0.1) is 0 Å². The Bertz CT molecular complexity index is 522. The summed E-state index contributed by atoms with van der Waals surface area (Å²) < 4.78 is 0.989. The first kappa shape index (κ1) is 12.0. The molecule has 0 radical (unpaired) electrons. The van der Waals surface area contributed by atoms with Gasteiger partial charge in [0.05, 0.1) is 5.69 Å². The Hall–Kier alpha value is -1.45. The van der Waals surface area contributed by atoms with Crippen LogP contribution in [0.3, 0.4) is 0 Å². The molecule has 17 heavy (non-hydrogen) atoms. The Morgan fingerprint density at radius 1 is 1.06 bits per heavy atom. The second kappa shape index (κ2) is 5.25. The minimum Gasteiger partial charge on any atom is -0.384 e. The molecular formula is C14H12BrNO. The topological polar surface area (TPSA) is 32.6 Å². The molecule has 0 bridgehead atoms. The maximum atomic E-state index is 10.3. The first-order valence-electron chi connectivity index (χ1n) is 5.21. The Kier molecular flexibility index (Phi) is 3.71. The Morgan fingerprint density at radius 3 is 2.35 bits per heavy atom. The van der Waals surface area contributed by atoms with Crippen molar-refractivity contribution in [2.45, 2.75) is 6.10 Å². The molecule has 0 aromatic heterocycles. The van der Waals surface area contributed by atoms with E-state index in [0.717, 1.165) is 15.6 Å². The average molecular weight is 290 g/mol. The molecule has 0 aliphatic carbocycles. The van der Waals surface area contributed by atoms with Gasteiger partial charge in [-0.15, -0.1) is 0 Å². The monoisotopic (exact) mass is 289 g/mol. The fraction of sp³-hybridized carbons (Fsp3) is 0.0714. The second-order valence-electron chi connectivity index (χ2n) is 3.67. The number of benzene rings is 2. The summed E-state index contributed by atoms with van der Waals surface area (Å²) in [6.45, 7) is 3.51. The molecule has 2 aromatic rings. The lowest BCUT2D eigenvalue weighted by molar-refractivity contribution is 0.221. The smallest absolute Gasteiger partial charge is 0.106 e. The van der Waals surface area contributed by atoms with Gasteiger partial charge in [0, 0.05) is 10.0 Å². The zero-order valence-electron chi connectivity index (χ0n) is 9.18. The first-order chi connectivity index (χ1) is 8.22. The van der Waals surface area contributed by atoms with Crippen LogP contribution in [-0.4, -0.2) is 11.8 Å². The summed E-state index contributed by atoms with van der Waals surface area (Å²) in [5.74, 6) is 0. The van der Waals surface area contributed by atoms with Crippen molar-refractivity contribution in [3.63, 3.8) is 0 Å². The number of nitrogens with zero attached hydrogens (tertiary/aromatic N) is 1. The predicted octanol–water partition coefficient (Wildman–Crippen LogP) is 3.86. The summed E-state index contributed by atoms with van der Waals surface area (Å²) in [5.41, 5.74) is 2.32. The van der Waals surface area contributed by atoms with Crippen molar-refractivity contribution in [3.05, 3.63) is 64.1 Å². The van der Waals surface area contributed by atoms with Gasteiger partial charge in [0.15, 0.2) is 0 Å². The molecular weight excluding hydrogens is 278 g/mol. The van der Waals surface area contributed by atoms with E-state index in [2.05, 4.69) is 27.6 Å². The van der Waals surface area contributed by atoms with Gasteiger partial charge in [0.1, 0.15) is 6.10 Å². The molecule has 1 N–H and O–H groups in total. The number of rotatable bonds is 3. The molecule has 3 heteroatoms. The van der Waals surface area contributed by atoms with E-state index in [1.165, 1.54) is 0 Å². The largest absolute Gasteiger partial charge is 0.384 e. The lowest BCUT2D eigenvalue weighted by Crippen LogP contribution is -1.99. The summed E-state index contributed by atoms with van der Waals surface area (Å²) in [7, 11) is 0. The van der Waals surface area contributed by atoms with Gasteiger partial charge in [-0.1, -0.05) is 46.3 Å². The minimum atomic E-state index is -0.676. The lowest BCUT2D eigenvalue weighted by Gasteiger charge is -2.13. The third-order valence-electron chi connectivity index (χ3n) is 2.59. The van der Waals surface area contributed by atoms with Gasteiger partial charge in [-0.05, 0) is 30.5 Å². The van der Waals surface area contributed by atoms with Crippen molar-refractivity contribution in [1.82, 2.24) is 0 Å². The second-order valence-corrected chi connectivity index (χ2v) is 4.59. The highest BCUT2D eigenvalue weighted by Crippen LogP contribution is 2.30. The zero-order chi connectivity index (χ0) is 12.3. The molecule has 0 saturated heterocycles. The number of hydrogen-bond acceptors (Lipinski definition) is 2. The summed E-state index contributed by atoms with van der Waals surface area (Å²) in [6, 6.07) is 15.0. The van der Waals surface area contributed by atoms with Crippen molar-refractivity contribution in [2.75, 3.05) is 0 Å². The Labute approximate surface area is 109 Å². The van der Waals surface area contributed by atoms with Crippen LogP contribution in [-0.2, 0) is 0 Å². The Morgan fingerprint density at radius 2 is 1.71 bits per heavy atom. The van der Waals surface area contributed by atoms with Gasteiger partial charge in [-0.3, -0.25) is 4.99 Å². The highest BCUT2D eigenvalue weighted by molar-refractivity contribution is 9.10. The maximum absolute atomic E-state index is 10.3. The van der Waals surface area contributed by atoms with Crippen LogP contribution in [0.15, 0.2) is 58.0 Å². The molecule has 86 valence electrons. The molecule has 0 fully saturated rings. The summed E-state index contributed by atoms with van der Waals surface area (Å²) in [6.07, 6.45) is -0.676. The third-order valence-corrected chi connectivity index (χ3v) is 3.12. The van der Waals surface area contributed by atoms with Crippen LogP contribution in [0.1, 0.15) is 17.2 Å². The quantitative estimate of drug-likeness (QED) is 0.855. The number of para-hydroxylation sites is 1. The number of halogens is 1.